The number of hydrogen-bond donors (Lipinski definition) is 1. The molecule has 1 heterocycles. The van der Waals surface area contributed by atoms with Crippen LogP contribution in [0.2, 0.25) is 0 Å². The highest BCUT2D eigenvalue weighted by molar-refractivity contribution is 5.96. The molecule has 21 heavy (non-hydrogen) atoms. The number of halogens is 2. The van der Waals surface area contributed by atoms with Crippen LogP contribution in [0.1, 0.15) is 28.8 Å². The summed E-state index contributed by atoms with van der Waals surface area (Å²) in [5.41, 5.74) is 6.97. The number of amides is 1. The summed E-state index contributed by atoms with van der Waals surface area (Å²) in [5.74, 6) is -0.403. The summed E-state index contributed by atoms with van der Waals surface area (Å²) in [5, 5.41) is 0. The molecule has 0 aromatic heterocycles. The second-order valence-corrected chi connectivity index (χ2v) is 5.23. The molecule has 0 saturated carbocycles. The van der Waals surface area contributed by atoms with Crippen LogP contribution >= 0.6 is 12.4 Å². The Kier molecular flexibility index (Phi) is 6.58. The molecule has 2 unspecified atom stereocenters. The zero-order valence-electron chi connectivity index (χ0n) is 12.3. The van der Waals surface area contributed by atoms with E-state index in [2.05, 4.69) is 0 Å². The van der Waals surface area contributed by atoms with Gasteiger partial charge in [0.2, 0.25) is 0 Å². The minimum atomic E-state index is -0.326. The Morgan fingerprint density at radius 3 is 2.81 bits per heavy atom. The number of carbonyl (C=O) groups excluding carboxylic acids is 1. The Bertz CT molecular complexity index is 499. The molecule has 2 atom stereocenters. The van der Waals surface area contributed by atoms with Crippen molar-refractivity contribution in [3.63, 3.8) is 0 Å². The number of piperidine rings is 1. The van der Waals surface area contributed by atoms with Crippen LogP contribution in [0.3, 0.4) is 0 Å². The number of benzene rings is 1. The lowest BCUT2D eigenvalue weighted by molar-refractivity contribution is 0.0138. The van der Waals surface area contributed by atoms with Crippen molar-refractivity contribution in [2.45, 2.75) is 31.9 Å². The van der Waals surface area contributed by atoms with Gasteiger partial charge in [0.25, 0.3) is 5.91 Å². The first-order valence-corrected chi connectivity index (χ1v) is 6.86. The standard InChI is InChI=1S/C15H21FN2O2.ClH/c1-10-7-11(16)3-4-14(10)15(19)18-6-5-13(20-2)8-12(18)9-17;/h3-4,7,12-13H,5-6,8-9,17H2,1-2H3;1H. The molecule has 0 bridgehead atoms. The lowest BCUT2D eigenvalue weighted by Gasteiger charge is -2.38. The van der Waals surface area contributed by atoms with Gasteiger partial charge in [0.05, 0.1) is 6.10 Å². The van der Waals surface area contributed by atoms with E-state index in [4.69, 9.17) is 10.5 Å². The van der Waals surface area contributed by atoms with Crippen LogP contribution in [-0.4, -0.2) is 43.2 Å². The normalized spacial score (nSPS) is 21.8. The van der Waals surface area contributed by atoms with Crippen LogP contribution in [0.4, 0.5) is 4.39 Å². The first-order valence-electron chi connectivity index (χ1n) is 6.86. The number of nitrogens with zero attached hydrogens (tertiary/aromatic N) is 1. The Labute approximate surface area is 130 Å². The van der Waals surface area contributed by atoms with Crippen molar-refractivity contribution in [2.24, 2.45) is 5.73 Å². The SMILES string of the molecule is COC1CCN(C(=O)c2ccc(F)cc2C)C(CN)C1.Cl. The Morgan fingerprint density at radius 2 is 2.24 bits per heavy atom. The van der Waals surface area contributed by atoms with E-state index in [-0.39, 0.29) is 36.3 Å². The molecule has 6 heteroatoms. The molecule has 4 nitrogen and oxygen atoms in total. The fourth-order valence-corrected chi connectivity index (χ4v) is 2.74. The van der Waals surface area contributed by atoms with Crippen LogP contribution in [0.25, 0.3) is 0 Å². The van der Waals surface area contributed by atoms with Gasteiger partial charge in [-0.15, -0.1) is 12.4 Å². The molecule has 118 valence electrons. The summed E-state index contributed by atoms with van der Waals surface area (Å²) in [6.07, 6.45) is 1.71. The van der Waals surface area contributed by atoms with Gasteiger partial charge < -0.3 is 15.4 Å². The predicted molar refractivity (Wildman–Crippen MR) is 82.3 cm³/mol. The Balaban J connectivity index is 0.00000220. The van der Waals surface area contributed by atoms with Crippen LogP contribution in [0.15, 0.2) is 18.2 Å². The quantitative estimate of drug-likeness (QED) is 0.929. The van der Waals surface area contributed by atoms with Gasteiger partial charge >= 0.3 is 0 Å². The van der Waals surface area contributed by atoms with E-state index in [1.165, 1.54) is 12.1 Å². The summed E-state index contributed by atoms with van der Waals surface area (Å²) in [6.45, 7) is 2.78. The lowest BCUT2D eigenvalue weighted by atomic mass is 9.97. The number of ether oxygens (including phenoxy) is 1. The molecule has 0 spiro atoms. The highest BCUT2D eigenvalue weighted by Crippen LogP contribution is 2.22. The van der Waals surface area contributed by atoms with Gasteiger partial charge in [-0.05, 0) is 43.5 Å². The van der Waals surface area contributed by atoms with Crippen LogP contribution in [0.5, 0.6) is 0 Å². The lowest BCUT2D eigenvalue weighted by Crippen LogP contribution is -2.51. The van der Waals surface area contributed by atoms with Crippen LogP contribution in [0, 0.1) is 12.7 Å². The molecule has 1 aromatic carbocycles. The van der Waals surface area contributed by atoms with Crippen LogP contribution < -0.4 is 5.73 Å². The smallest absolute Gasteiger partial charge is 0.254 e. The van der Waals surface area contributed by atoms with Gasteiger partial charge in [-0.2, -0.15) is 0 Å². The van der Waals surface area contributed by atoms with Crippen molar-refractivity contribution < 1.29 is 13.9 Å². The highest BCUT2D eigenvalue weighted by Gasteiger charge is 2.31. The molecule has 1 aromatic rings. The highest BCUT2D eigenvalue weighted by atomic mass is 35.5. The van der Waals surface area contributed by atoms with Crippen molar-refractivity contribution in [3.05, 3.63) is 35.1 Å². The monoisotopic (exact) mass is 316 g/mol. The van der Waals surface area contributed by atoms with Gasteiger partial charge in [0, 0.05) is 31.8 Å². The average Bonchev–Trinajstić information content (AvgIpc) is 2.46. The number of nitrogens with two attached hydrogens (primary N) is 1. The van der Waals surface area contributed by atoms with E-state index < -0.39 is 0 Å². The van der Waals surface area contributed by atoms with E-state index in [1.807, 2.05) is 0 Å². The van der Waals surface area contributed by atoms with E-state index in [1.54, 1.807) is 25.0 Å². The van der Waals surface area contributed by atoms with E-state index in [0.29, 0.717) is 24.2 Å². The second kappa shape index (κ2) is 7.73. The first kappa shape index (κ1) is 17.9. The fraction of sp³-hybridized carbons (Fsp3) is 0.533. The average molecular weight is 317 g/mol. The van der Waals surface area contributed by atoms with E-state index >= 15 is 0 Å². The zero-order chi connectivity index (χ0) is 14.7. The number of likely N-dealkylation sites (tertiary alicyclic amines) is 1. The summed E-state index contributed by atoms with van der Waals surface area (Å²) < 4.78 is 18.5. The van der Waals surface area contributed by atoms with Gasteiger partial charge in [-0.3, -0.25) is 4.79 Å². The van der Waals surface area contributed by atoms with Gasteiger partial charge in [0.15, 0.2) is 0 Å². The number of hydrogen-bond acceptors (Lipinski definition) is 3. The fourth-order valence-electron chi connectivity index (χ4n) is 2.74. The molecule has 1 aliphatic heterocycles. The molecular weight excluding hydrogens is 295 g/mol. The largest absolute Gasteiger partial charge is 0.381 e. The van der Waals surface area contributed by atoms with E-state index in [0.717, 1.165) is 12.8 Å². The molecular formula is C15H22ClFN2O2. The summed E-state index contributed by atoms with van der Waals surface area (Å²) in [7, 11) is 1.68. The molecule has 0 radical (unpaired) electrons. The van der Waals surface area contributed by atoms with Crippen LogP contribution in [-0.2, 0) is 4.74 Å². The van der Waals surface area contributed by atoms with E-state index in [9.17, 15) is 9.18 Å². The maximum absolute atomic E-state index is 13.1. The molecule has 1 saturated heterocycles. The topological polar surface area (TPSA) is 55.6 Å². The van der Waals surface area contributed by atoms with Gasteiger partial charge in [-0.25, -0.2) is 4.39 Å². The van der Waals surface area contributed by atoms with Crippen molar-refractivity contribution in [1.82, 2.24) is 4.90 Å². The molecule has 2 N–H and O–H groups in total. The molecule has 1 amide bonds. The molecule has 2 rings (SSSR count). The van der Waals surface area contributed by atoms with Gasteiger partial charge in [0.1, 0.15) is 5.82 Å². The molecule has 1 fully saturated rings. The van der Waals surface area contributed by atoms with Crippen molar-refractivity contribution >= 4 is 18.3 Å². The zero-order valence-corrected chi connectivity index (χ0v) is 13.2. The maximum Gasteiger partial charge on any atom is 0.254 e. The second-order valence-electron chi connectivity index (χ2n) is 5.23. The third-order valence-electron chi connectivity index (χ3n) is 3.95. The number of rotatable bonds is 3. The predicted octanol–water partition coefficient (Wildman–Crippen LogP) is 2.13. The summed E-state index contributed by atoms with van der Waals surface area (Å²) in [4.78, 5) is 14.4. The first-order chi connectivity index (χ1) is 9.56. The Morgan fingerprint density at radius 1 is 1.52 bits per heavy atom. The van der Waals surface area contributed by atoms with Gasteiger partial charge in [-0.1, -0.05) is 0 Å². The number of aryl methyl sites for hydroxylation is 1. The maximum atomic E-state index is 13.1. The van der Waals surface area contributed by atoms with Crippen molar-refractivity contribution in [3.8, 4) is 0 Å². The minimum absolute atomic E-state index is 0. The number of carbonyl (C=O) groups is 1. The Hall–Kier alpha value is -1.17. The summed E-state index contributed by atoms with van der Waals surface area (Å²) >= 11 is 0. The molecule has 0 aliphatic carbocycles. The summed E-state index contributed by atoms with van der Waals surface area (Å²) in [6, 6.07) is 4.22. The third-order valence-corrected chi connectivity index (χ3v) is 3.95. The number of methoxy groups -OCH3 is 1. The van der Waals surface area contributed by atoms with Crippen molar-refractivity contribution in [2.75, 3.05) is 20.2 Å². The minimum Gasteiger partial charge on any atom is -0.381 e. The van der Waals surface area contributed by atoms with Crippen molar-refractivity contribution in [1.29, 1.82) is 0 Å². The third kappa shape index (κ3) is 3.93. The molecule has 1 aliphatic rings.